The molecule has 3 heteroatoms. The van der Waals surface area contributed by atoms with Crippen LogP contribution in [0.4, 0.5) is 0 Å². The van der Waals surface area contributed by atoms with Gasteiger partial charge in [-0.3, -0.25) is 4.79 Å². The lowest BCUT2D eigenvalue weighted by Gasteiger charge is -2.33. The molecular formula is C11H16O3. The van der Waals surface area contributed by atoms with E-state index in [1.165, 1.54) is 7.11 Å². The Morgan fingerprint density at radius 1 is 1.64 bits per heavy atom. The summed E-state index contributed by atoms with van der Waals surface area (Å²) in [5.41, 5.74) is -0.714. The van der Waals surface area contributed by atoms with E-state index in [0.717, 1.165) is 19.1 Å². The van der Waals surface area contributed by atoms with Crippen LogP contribution in [0.25, 0.3) is 0 Å². The number of aldehydes is 1. The van der Waals surface area contributed by atoms with Gasteiger partial charge in [0, 0.05) is 5.92 Å². The van der Waals surface area contributed by atoms with Gasteiger partial charge in [0.2, 0.25) is 0 Å². The molecule has 0 aliphatic heterocycles. The predicted octanol–water partition coefficient (Wildman–Crippen LogP) is 1.72. The summed E-state index contributed by atoms with van der Waals surface area (Å²) in [7, 11) is 1.37. The Kier molecular flexibility index (Phi) is 3.44. The van der Waals surface area contributed by atoms with Crippen LogP contribution in [0.5, 0.6) is 0 Å². The average Bonchev–Trinajstić information content (AvgIpc) is 2.27. The summed E-state index contributed by atoms with van der Waals surface area (Å²) in [5.74, 6) is -0.612. The molecule has 0 bridgehead atoms. The molecule has 1 aliphatic rings. The predicted molar refractivity (Wildman–Crippen MR) is 52.7 cm³/mol. The molecule has 0 spiro atoms. The highest BCUT2D eigenvalue weighted by molar-refractivity contribution is 5.83. The second kappa shape index (κ2) is 4.40. The number of ether oxygens (including phenoxy) is 1. The summed E-state index contributed by atoms with van der Waals surface area (Å²) >= 11 is 0. The maximum atomic E-state index is 11.7. The standard InChI is InChI=1S/C11H16O3/c1-9(8-12)11(10(13)14-2)6-4-3-5-7-11/h4,6,8-9H,3,5,7H2,1-2H3. The normalized spacial score (nSPS) is 28.1. The zero-order valence-electron chi connectivity index (χ0n) is 8.66. The Morgan fingerprint density at radius 2 is 2.36 bits per heavy atom. The van der Waals surface area contributed by atoms with Gasteiger partial charge in [0.15, 0.2) is 0 Å². The van der Waals surface area contributed by atoms with Gasteiger partial charge in [-0.1, -0.05) is 19.1 Å². The summed E-state index contributed by atoms with van der Waals surface area (Å²) in [6.07, 6.45) is 7.23. The molecule has 2 unspecified atom stereocenters. The van der Waals surface area contributed by atoms with Crippen LogP contribution in [-0.2, 0) is 14.3 Å². The van der Waals surface area contributed by atoms with Crippen molar-refractivity contribution in [3.8, 4) is 0 Å². The summed E-state index contributed by atoms with van der Waals surface area (Å²) in [6, 6.07) is 0. The number of carbonyl (C=O) groups excluding carboxylic acids is 2. The van der Waals surface area contributed by atoms with Crippen molar-refractivity contribution < 1.29 is 14.3 Å². The largest absolute Gasteiger partial charge is 0.468 e. The first-order valence-electron chi connectivity index (χ1n) is 4.89. The zero-order valence-corrected chi connectivity index (χ0v) is 8.66. The number of hydrogen-bond acceptors (Lipinski definition) is 3. The number of allylic oxidation sites excluding steroid dienone is 1. The van der Waals surface area contributed by atoms with Crippen LogP contribution in [0.15, 0.2) is 12.2 Å². The smallest absolute Gasteiger partial charge is 0.316 e. The third kappa shape index (κ3) is 1.72. The van der Waals surface area contributed by atoms with Crippen molar-refractivity contribution in [2.45, 2.75) is 26.2 Å². The van der Waals surface area contributed by atoms with Crippen LogP contribution in [0.3, 0.4) is 0 Å². The second-order valence-electron chi connectivity index (χ2n) is 3.75. The lowest BCUT2D eigenvalue weighted by Crippen LogP contribution is -2.38. The third-order valence-corrected chi connectivity index (χ3v) is 2.96. The van der Waals surface area contributed by atoms with Crippen LogP contribution < -0.4 is 0 Å². The van der Waals surface area contributed by atoms with Gasteiger partial charge in [0.05, 0.1) is 12.5 Å². The summed E-state index contributed by atoms with van der Waals surface area (Å²) in [5, 5.41) is 0. The first-order chi connectivity index (χ1) is 6.67. The molecule has 1 rings (SSSR count). The van der Waals surface area contributed by atoms with Gasteiger partial charge in [0.1, 0.15) is 6.29 Å². The first kappa shape index (κ1) is 11.0. The first-order valence-corrected chi connectivity index (χ1v) is 4.89. The van der Waals surface area contributed by atoms with Crippen LogP contribution in [0, 0.1) is 11.3 Å². The fourth-order valence-electron chi connectivity index (χ4n) is 1.94. The van der Waals surface area contributed by atoms with Crippen LogP contribution >= 0.6 is 0 Å². The summed E-state index contributed by atoms with van der Waals surface area (Å²) < 4.78 is 4.77. The number of esters is 1. The Balaban J connectivity index is 3.00. The monoisotopic (exact) mass is 196 g/mol. The van der Waals surface area contributed by atoms with Crippen LogP contribution in [0.1, 0.15) is 26.2 Å². The minimum absolute atomic E-state index is 0.298. The molecule has 2 atom stereocenters. The molecule has 0 fully saturated rings. The molecule has 0 aromatic rings. The molecular weight excluding hydrogens is 180 g/mol. The van der Waals surface area contributed by atoms with E-state index >= 15 is 0 Å². The lowest BCUT2D eigenvalue weighted by atomic mass is 9.70. The Labute approximate surface area is 84.1 Å². The molecule has 3 nitrogen and oxygen atoms in total. The van der Waals surface area contributed by atoms with Gasteiger partial charge in [-0.25, -0.2) is 0 Å². The van der Waals surface area contributed by atoms with Gasteiger partial charge in [-0.15, -0.1) is 0 Å². The van der Waals surface area contributed by atoms with Crippen molar-refractivity contribution in [2.24, 2.45) is 11.3 Å². The van der Waals surface area contributed by atoms with E-state index in [-0.39, 0.29) is 11.9 Å². The minimum atomic E-state index is -0.714. The number of rotatable bonds is 3. The van der Waals surface area contributed by atoms with Crippen LogP contribution in [0.2, 0.25) is 0 Å². The van der Waals surface area contributed by atoms with E-state index in [2.05, 4.69) is 0 Å². The molecule has 0 heterocycles. The zero-order chi connectivity index (χ0) is 10.6. The molecule has 0 saturated heterocycles. The van der Waals surface area contributed by atoms with Crippen LogP contribution in [-0.4, -0.2) is 19.4 Å². The van der Waals surface area contributed by atoms with Crippen molar-refractivity contribution in [2.75, 3.05) is 7.11 Å². The van der Waals surface area contributed by atoms with Crippen molar-refractivity contribution in [1.29, 1.82) is 0 Å². The molecule has 1 aliphatic carbocycles. The van der Waals surface area contributed by atoms with Gasteiger partial charge >= 0.3 is 5.97 Å². The molecule has 0 amide bonds. The number of hydrogen-bond donors (Lipinski definition) is 0. The van der Waals surface area contributed by atoms with E-state index in [4.69, 9.17) is 4.74 Å². The maximum Gasteiger partial charge on any atom is 0.316 e. The highest BCUT2D eigenvalue weighted by Gasteiger charge is 2.42. The highest BCUT2D eigenvalue weighted by Crippen LogP contribution is 2.38. The van der Waals surface area contributed by atoms with Crippen molar-refractivity contribution >= 4 is 12.3 Å². The fourth-order valence-corrected chi connectivity index (χ4v) is 1.94. The highest BCUT2D eigenvalue weighted by atomic mass is 16.5. The Hall–Kier alpha value is -1.12. The fraction of sp³-hybridized carbons (Fsp3) is 0.636. The molecule has 78 valence electrons. The molecule has 0 aromatic carbocycles. The maximum absolute atomic E-state index is 11.7. The van der Waals surface area contributed by atoms with Gasteiger partial charge in [-0.05, 0) is 19.3 Å². The lowest BCUT2D eigenvalue weighted by molar-refractivity contribution is -0.154. The van der Waals surface area contributed by atoms with E-state index in [1.54, 1.807) is 6.92 Å². The SMILES string of the molecule is COC(=O)C1(C(C)C=O)C=CCCC1. The average molecular weight is 196 g/mol. The summed E-state index contributed by atoms with van der Waals surface area (Å²) in [4.78, 5) is 22.4. The number of methoxy groups -OCH3 is 1. The quantitative estimate of drug-likeness (QED) is 0.392. The van der Waals surface area contributed by atoms with Gasteiger partial charge in [0.25, 0.3) is 0 Å². The van der Waals surface area contributed by atoms with Gasteiger partial charge < -0.3 is 9.53 Å². The van der Waals surface area contributed by atoms with E-state index in [0.29, 0.717) is 6.42 Å². The molecule has 0 N–H and O–H groups in total. The molecule has 0 aromatic heterocycles. The molecule has 0 saturated carbocycles. The number of carbonyl (C=O) groups is 2. The van der Waals surface area contributed by atoms with E-state index < -0.39 is 5.41 Å². The van der Waals surface area contributed by atoms with Gasteiger partial charge in [-0.2, -0.15) is 0 Å². The second-order valence-corrected chi connectivity index (χ2v) is 3.75. The molecule has 0 radical (unpaired) electrons. The van der Waals surface area contributed by atoms with Crippen molar-refractivity contribution in [1.82, 2.24) is 0 Å². The minimum Gasteiger partial charge on any atom is -0.468 e. The van der Waals surface area contributed by atoms with E-state index in [1.807, 2.05) is 12.2 Å². The topological polar surface area (TPSA) is 43.4 Å². The summed E-state index contributed by atoms with van der Waals surface area (Å²) in [6.45, 7) is 1.76. The van der Waals surface area contributed by atoms with Crippen molar-refractivity contribution in [3.05, 3.63) is 12.2 Å². The third-order valence-electron chi connectivity index (χ3n) is 2.96. The molecule has 14 heavy (non-hydrogen) atoms. The van der Waals surface area contributed by atoms with E-state index in [9.17, 15) is 9.59 Å². The van der Waals surface area contributed by atoms with Crippen molar-refractivity contribution in [3.63, 3.8) is 0 Å². The Morgan fingerprint density at radius 3 is 2.79 bits per heavy atom. The Bertz CT molecular complexity index is 257.